The average Bonchev–Trinajstić information content (AvgIpc) is 2.83. The normalized spacial score (nSPS) is 19.5. The van der Waals surface area contributed by atoms with Crippen molar-refractivity contribution in [3.8, 4) is 5.75 Å². The van der Waals surface area contributed by atoms with Gasteiger partial charge in [-0.15, -0.1) is 0 Å². The zero-order chi connectivity index (χ0) is 19.5. The maximum Gasteiger partial charge on any atom is 0.325 e. The van der Waals surface area contributed by atoms with Crippen LogP contribution >= 0.6 is 0 Å². The number of likely N-dealkylation sites (N-methyl/N-ethyl adjacent to an activating group) is 1. The Labute approximate surface area is 154 Å². The Morgan fingerprint density at radius 3 is 2.62 bits per heavy atom. The van der Waals surface area contributed by atoms with Crippen LogP contribution in [-0.2, 0) is 15.1 Å². The minimum atomic E-state index is -1.20. The number of hydrogen-bond donors (Lipinski definition) is 1. The number of nitrogens with one attached hydrogen (secondary N) is 1. The molecule has 7 heteroatoms. The van der Waals surface area contributed by atoms with Crippen LogP contribution in [0.3, 0.4) is 0 Å². The summed E-state index contributed by atoms with van der Waals surface area (Å²) in [6, 6.07) is 4.78. The Bertz CT molecular complexity index is 719. The third-order valence-electron chi connectivity index (χ3n) is 4.81. The number of imide groups is 1. The fraction of sp³-hybridized carbons (Fsp3) is 0.526. The Hall–Kier alpha value is -2.57. The number of aryl methyl sites for hydroxylation is 1. The third kappa shape index (κ3) is 3.66. The number of amides is 4. The molecule has 1 saturated heterocycles. The van der Waals surface area contributed by atoms with Gasteiger partial charge in [0.25, 0.3) is 5.91 Å². The molecule has 0 bridgehead atoms. The highest BCUT2D eigenvalue weighted by atomic mass is 16.5. The number of methoxy groups -OCH3 is 1. The van der Waals surface area contributed by atoms with Crippen LogP contribution in [0.4, 0.5) is 4.79 Å². The van der Waals surface area contributed by atoms with Crippen molar-refractivity contribution in [2.75, 3.05) is 27.2 Å². The van der Waals surface area contributed by atoms with Gasteiger partial charge in [0.1, 0.15) is 17.8 Å². The van der Waals surface area contributed by atoms with Gasteiger partial charge in [0, 0.05) is 13.6 Å². The maximum atomic E-state index is 12.9. The minimum Gasteiger partial charge on any atom is -0.496 e. The summed E-state index contributed by atoms with van der Waals surface area (Å²) >= 11 is 0. The van der Waals surface area contributed by atoms with E-state index in [1.165, 1.54) is 0 Å². The van der Waals surface area contributed by atoms with E-state index in [2.05, 4.69) is 5.32 Å². The molecule has 1 atom stereocenters. The van der Waals surface area contributed by atoms with Crippen molar-refractivity contribution < 1.29 is 19.1 Å². The lowest BCUT2D eigenvalue weighted by molar-refractivity contribution is -0.138. The van der Waals surface area contributed by atoms with E-state index in [4.69, 9.17) is 4.74 Å². The van der Waals surface area contributed by atoms with Crippen LogP contribution in [0.2, 0.25) is 0 Å². The molecule has 1 N–H and O–H groups in total. The standard InChI is InChI=1S/C19H27N3O4/c1-6-7-10-21(4)16(23)12-22-17(24)19(3,20-18(22)25)14-8-9-15(26-5)13(2)11-14/h8-9,11H,6-7,10,12H2,1-5H3,(H,20,25). The molecule has 7 nitrogen and oxygen atoms in total. The molecule has 1 aliphatic heterocycles. The monoisotopic (exact) mass is 361 g/mol. The van der Waals surface area contributed by atoms with Crippen molar-refractivity contribution in [2.24, 2.45) is 0 Å². The van der Waals surface area contributed by atoms with Gasteiger partial charge in [-0.2, -0.15) is 0 Å². The second-order valence-corrected chi connectivity index (χ2v) is 6.80. The summed E-state index contributed by atoms with van der Waals surface area (Å²) < 4.78 is 5.24. The topological polar surface area (TPSA) is 79.0 Å². The fourth-order valence-corrected chi connectivity index (χ4v) is 3.00. The van der Waals surface area contributed by atoms with Crippen molar-refractivity contribution in [3.63, 3.8) is 0 Å². The van der Waals surface area contributed by atoms with E-state index in [9.17, 15) is 14.4 Å². The van der Waals surface area contributed by atoms with Gasteiger partial charge in [-0.1, -0.05) is 19.4 Å². The molecular formula is C19H27N3O4. The number of carbonyl (C=O) groups is 3. The first-order chi connectivity index (χ1) is 12.2. The summed E-state index contributed by atoms with van der Waals surface area (Å²) in [6.45, 7) is 5.91. The number of rotatable bonds is 7. The zero-order valence-electron chi connectivity index (χ0n) is 16.1. The molecule has 1 unspecified atom stereocenters. The molecule has 4 amide bonds. The van der Waals surface area contributed by atoms with E-state index in [1.54, 1.807) is 38.1 Å². The molecule has 1 heterocycles. The van der Waals surface area contributed by atoms with Crippen molar-refractivity contribution >= 4 is 17.8 Å². The summed E-state index contributed by atoms with van der Waals surface area (Å²) in [5, 5.41) is 2.72. The molecular weight excluding hydrogens is 334 g/mol. The first kappa shape index (κ1) is 19.8. The van der Waals surface area contributed by atoms with Gasteiger partial charge < -0.3 is 15.0 Å². The fourth-order valence-electron chi connectivity index (χ4n) is 3.00. The molecule has 1 aromatic rings. The predicted octanol–water partition coefficient (Wildman–Crippen LogP) is 2.03. The van der Waals surface area contributed by atoms with E-state index in [0.717, 1.165) is 23.3 Å². The summed E-state index contributed by atoms with van der Waals surface area (Å²) in [4.78, 5) is 40.1. The number of hydrogen-bond acceptors (Lipinski definition) is 4. The predicted molar refractivity (Wildman–Crippen MR) is 97.9 cm³/mol. The van der Waals surface area contributed by atoms with Gasteiger partial charge in [0.05, 0.1) is 7.11 Å². The summed E-state index contributed by atoms with van der Waals surface area (Å²) in [6.07, 6.45) is 1.85. The van der Waals surface area contributed by atoms with Gasteiger partial charge in [0.15, 0.2) is 0 Å². The molecule has 0 aromatic heterocycles. The van der Waals surface area contributed by atoms with Crippen LogP contribution in [0.25, 0.3) is 0 Å². The third-order valence-corrected chi connectivity index (χ3v) is 4.81. The van der Waals surface area contributed by atoms with E-state index >= 15 is 0 Å². The second kappa shape index (κ2) is 7.76. The summed E-state index contributed by atoms with van der Waals surface area (Å²) in [7, 11) is 3.26. The number of unbranched alkanes of at least 4 members (excludes halogenated alkanes) is 1. The van der Waals surface area contributed by atoms with Crippen LogP contribution < -0.4 is 10.1 Å². The Kier molecular flexibility index (Phi) is 5.90. The number of carbonyl (C=O) groups excluding carboxylic acids is 3. The van der Waals surface area contributed by atoms with Crippen LogP contribution in [0, 0.1) is 6.92 Å². The van der Waals surface area contributed by atoms with Crippen molar-refractivity contribution in [1.29, 1.82) is 0 Å². The first-order valence-electron chi connectivity index (χ1n) is 8.77. The van der Waals surface area contributed by atoms with E-state index in [-0.39, 0.29) is 12.5 Å². The van der Waals surface area contributed by atoms with Crippen molar-refractivity contribution in [3.05, 3.63) is 29.3 Å². The number of benzene rings is 1. The molecule has 1 fully saturated rings. The smallest absolute Gasteiger partial charge is 0.325 e. The van der Waals surface area contributed by atoms with Gasteiger partial charge in [-0.25, -0.2) is 4.79 Å². The van der Waals surface area contributed by atoms with E-state index in [1.807, 2.05) is 19.9 Å². The number of nitrogens with zero attached hydrogens (tertiary/aromatic N) is 2. The molecule has 0 radical (unpaired) electrons. The SMILES string of the molecule is CCCCN(C)C(=O)CN1C(=O)NC(C)(c2ccc(OC)c(C)c2)C1=O. The Balaban J connectivity index is 2.19. The average molecular weight is 361 g/mol. The van der Waals surface area contributed by atoms with Crippen LogP contribution in [-0.4, -0.2) is 54.9 Å². The number of urea groups is 1. The van der Waals surface area contributed by atoms with Crippen LogP contribution in [0.5, 0.6) is 5.75 Å². The summed E-state index contributed by atoms with van der Waals surface area (Å²) in [5.41, 5.74) is 0.321. The lowest BCUT2D eigenvalue weighted by Gasteiger charge is -2.24. The molecule has 1 aliphatic rings. The molecule has 142 valence electrons. The lowest BCUT2D eigenvalue weighted by atomic mass is 9.90. The van der Waals surface area contributed by atoms with Crippen LogP contribution in [0.15, 0.2) is 18.2 Å². The van der Waals surface area contributed by atoms with Crippen LogP contribution in [0.1, 0.15) is 37.8 Å². The molecule has 2 rings (SSSR count). The minimum absolute atomic E-state index is 0.253. The van der Waals surface area contributed by atoms with Crippen molar-refractivity contribution in [2.45, 2.75) is 39.2 Å². The second-order valence-electron chi connectivity index (χ2n) is 6.80. The molecule has 26 heavy (non-hydrogen) atoms. The molecule has 0 saturated carbocycles. The Morgan fingerprint density at radius 2 is 2.04 bits per heavy atom. The highest BCUT2D eigenvalue weighted by Crippen LogP contribution is 2.31. The molecule has 0 spiro atoms. The van der Waals surface area contributed by atoms with Gasteiger partial charge in [-0.05, 0) is 43.5 Å². The Morgan fingerprint density at radius 1 is 1.35 bits per heavy atom. The van der Waals surface area contributed by atoms with Crippen molar-refractivity contribution in [1.82, 2.24) is 15.1 Å². The molecule has 0 aliphatic carbocycles. The highest BCUT2D eigenvalue weighted by molar-refractivity contribution is 6.09. The first-order valence-corrected chi connectivity index (χ1v) is 8.77. The van der Waals surface area contributed by atoms with Gasteiger partial charge >= 0.3 is 6.03 Å². The quantitative estimate of drug-likeness (QED) is 0.754. The summed E-state index contributed by atoms with van der Waals surface area (Å²) in [5.74, 6) is 0.0279. The van der Waals surface area contributed by atoms with Gasteiger partial charge in [0.2, 0.25) is 5.91 Å². The highest BCUT2D eigenvalue weighted by Gasteiger charge is 2.49. The molecule has 1 aromatic carbocycles. The van der Waals surface area contributed by atoms with E-state index < -0.39 is 17.5 Å². The number of ether oxygens (including phenoxy) is 1. The van der Waals surface area contributed by atoms with E-state index in [0.29, 0.717) is 17.9 Å². The zero-order valence-corrected chi connectivity index (χ0v) is 16.1. The largest absolute Gasteiger partial charge is 0.496 e. The lowest BCUT2D eigenvalue weighted by Crippen LogP contribution is -2.43. The maximum absolute atomic E-state index is 12.9. The van der Waals surface area contributed by atoms with Gasteiger partial charge in [-0.3, -0.25) is 14.5 Å².